The number of hydrogen-bond acceptors (Lipinski definition) is 6. The second-order valence-corrected chi connectivity index (χ2v) is 7.57. The summed E-state index contributed by atoms with van der Waals surface area (Å²) in [7, 11) is -5.91. The molecule has 0 aromatic carbocycles. The van der Waals surface area contributed by atoms with Crippen LogP contribution < -0.4 is 0 Å². The van der Waals surface area contributed by atoms with Crippen LogP contribution in [0.5, 0.6) is 0 Å². The molecule has 2 saturated heterocycles. The molecule has 7 nitrogen and oxygen atoms in total. The van der Waals surface area contributed by atoms with Crippen LogP contribution >= 0.6 is 0 Å². The van der Waals surface area contributed by atoms with E-state index in [-0.39, 0.29) is 17.8 Å². The Bertz CT molecular complexity index is 617. The van der Waals surface area contributed by atoms with Gasteiger partial charge in [0.1, 0.15) is 12.2 Å². The first-order valence-electron chi connectivity index (χ1n) is 6.86. The van der Waals surface area contributed by atoms with Crippen molar-refractivity contribution in [1.82, 2.24) is 0 Å². The molecule has 2 heterocycles. The summed E-state index contributed by atoms with van der Waals surface area (Å²) in [6.07, 6.45) is 0.0951. The van der Waals surface area contributed by atoms with Crippen molar-refractivity contribution in [3.8, 4) is 0 Å². The molecule has 2 aliphatic carbocycles. The van der Waals surface area contributed by atoms with Crippen molar-refractivity contribution < 1.29 is 40.8 Å². The van der Waals surface area contributed by atoms with Crippen LogP contribution in [0.3, 0.4) is 0 Å². The molecule has 0 aromatic rings. The van der Waals surface area contributed by atoms with E-state index in [0.717, 1.165) is 0 Å². The number of ether oxygens (including phenoxy) is 2. The molecule has 0 radical (unpaired) electrons. The molecular formula is C12H14F2O7S. The Morgan fingerprint density at radius 2 is 1.95 bits per heavy atom. The number of esters is 2. The molecule has 124 valence electrons. The molecule has 4 rings (SSSR count). The Morgan fingerprint density at radius 1 is 1.27 bits per heavy atom. The van der Waals surface area contributed by atoms with E-state index in [4.69, 9.17) is 9.29 Å². The van der Waals surface area contributed by atoms with Gasteiger partial charge in [-0.3, -0.25) is 9.35 Å². The Morgan fingerprint density at radius 3 is 2.59 bits per heavy atom. The fraction of sp³-hybridized carbons (Fsp3) is 0.833. The van der Waals surface area contributed by atoms with Crippen LogP contribution in [0.4, 0.5) is 8.78 Å². The van der Waals surface area contributed by atoms with Crippen LogP contribution in [0.2, 0.25) is 0 Å². The average molecular weight is 340 g/mol. The number of carbonyl (C=O) groups excluding carboxylic acids is 2. The summed E-state index contributed by atoms with van der Waals surface area (Å²) in [6, 6.07) is 0. The van der Waals surface area contributed by atoms with Crippen molar-refractivity contribution in [2.75, 3.05) is 0 Å². The summed E-state index contributed by atoms with van der Waals surface area (Å²) in [6.45, 7) is 0. The van der Waals surface area contributed by atoms with Gasteiger partial charge in [0.15, 0.2) is 0 Å². The Hall–Kier alpha value is -1.29. The highest BCUT2D eigenvalue weighted by molar-refractivity contribution is 7.87. The minimum atomic E-state index is -5.91. The van der Waals surface area contributed by atoms with Crippen LogP contribution in [0.1, 0.15) is 25.7 Å². The zero-order valence-electron chi connectivity index (χ0n) is 11.3. The molecule has 22 heavy (non-hydrogen) atoms. The summed E-state index contributed by atoms with van der Waals surface area (Å²) in [5.74, 6) is -3.23. The lowest BCUT2D eigenvalue weighted by atomic mass is 9.67. The third-order valence-electron chi connectivity index (χ3n) is 4.64. The molecule has 0 aromatic heterocycles. The van der Waals surface area contributed by atoms with Gasteiger partial charge in [-0.2, -0.15) is 17.2 Å². The first-order chi connectivity index (χ1) is 10.1. The highest BCUT2D eigenvalue weighted by Gasteiger charge is 2.58. The number of carbonyl (C=O) groups is 2. The van der Waals surface area contributed by atoms with Crippen molar-refractivity contribution in [3.05, 3.63) is 0 Å². The van der Waals surface area contributed by atoms with Gasteiger partial charge < -0.3 is 9.47 Å². The second-order valence-electron chi connectivity index (χ2n) is 6.10. The first kappa shape index (κ1) is 15.6. The first-order valence-corrected chi connectivity index (χ1v) is 8.30. The lowest BCUT2D eigenvalue weighted by Crippen LogP contribution is -2.49. The Labute approximate surface area is 124 Å². The van der Waals surface area contributed by atoms with E-state index < -0.39 is 39.5 Å². The molecule has 1 N–H and O–H groups in total. The molecule has 2 aliphatic heterocycles. The number of hydrogen-bond donors (Lipinski definition) is 1. The van der Waals surface area contributed by atoms with E-state index in [1.54, 1.807) is 0 Å². The zero-order valence-corrected chi connectivity index (χ0v) is 12.1. The molecule has 4 bridgehead atoms. The van der Waals surface area contributed by atoms with Crippen molar-refractivity contribution >= 4 is 22.1 Å². The molecule has 5 atom stereocenters. The predicted molar refractivity (Wildman–Crippen MR) is 65.2 cm³/mol. The minimum Gasteiger partial charge on any atom is -0.458 e. The monoisotopic (exact) mass is 340 g/mol. The molecule has 10 heteroatoms. The number of alkyl halides is 2. The third kappa shape index (κ3) is 2.37. The van der Waals surface area contributed by atoms with Crippen LogP contribution in [0.25, 0.3) is 0 Å². The second kappa shape index (κ2) is 4.85. The number of halogens is 2. The highest BCUT2D eigenvalue weighted by Crippen LogP contribution is 2.48. The Kier molecular flexibility index (Phi) is 3.44. The van der Waals surface area contributed by atoms with Crippen molar-refractivity contribution in [2.24, 2.45) is 17.8 Å². The summed E-state index contributed by atoms with van der Waals surface area (Å²) in [4.78, 5) is 23.2. The van der Waals surface area contributed by atoms with Gasteiger partial charge in [-0.05, 0) is 31.6 Å². The SMILES string of the molecule is O=C1OC2CC3CC1CC(C3)C2OC(=O)C(F)(F)S(=O)(=O)O. The molecule has 0 amide bonds. The highest BCUT2D eigenvalue weighted by atomic mass is 32.2. The van der Waals surface area contributed by atoms with Gasteiger partial charge in [0.2, 0.25) is 0 Å². The van der Waals surface area contributed by atoms with E-state index in [2.05, 4.69) is 4.74 Å². The van der Waals surface area contributed by atoms with E-state index in [9.17, 15) is 26.8 Å². The van der Waals surface area contributed by atoms with Crippen LogP contribution in [0.15, 0.2) is 0 Å². The molecule has 2 saturated carbocycles. The number of rotatable bonds is 3. The standard InChI is InChI=1S/C12H14F2O7S/c13-12(14,22(17,18)19)11(16)21-9-6-1-5-2-7(4-6)10(15)20-8(9)3-5/h5-9H,1-4H2,(H,17,18,19). The lowest BCUT2D eigenvalue weighted by Gasteiger charge is -2.41. The summed E-state index contributed by atoms with van der Waals surface area (Å²) in [5, 5.41) is -5.04. The van der Waals surface area contributed by atoms with Gasteiger partial charge in [-0.15, -0.1) is 0 Å². The molecular weight excluding hydrogens is 326 g/mol. The van der Waals surface area contributed by atoms with Gasteiger partial charge in [0, 0.05) is 5.92 Å². The minimum absolute atomic E-state index is 0.206. The molecule has 4 fully saturated rings. The van der Waals surface area contributed by atoms with E-state index in [1.807, 2.05) is 0 Å². The van der Waals surface area contributed by atoms with Gasteiger partial charge in [0.05, 0.1) is 5.92 Å². The van der Waals surface area contributed by atoms with Gasteiger partial charge in [-0.25, -0.2) is 4.79 Å². The van der Waals surface area contributed by atoms with Crippen molar-refractivity contribution in [1.29, 1.82) is 0 Å². The maximum Gasteiger partial charge on any atom is 0.465 e. The number of fused-ring (bicyclic) bond motifs is 1. The van der Waals surface area contributed by atoms with Crippen LogP contribution in [-0.4, -0.2) is 42.4 Å². The third-order valence-corrected chi connectivity index (χ3v) is 5.46. The van der Waals surface area contributed by atoms with E-state index in [1.165, 1.54) is 0 Å². The van der Waals surface area contributed by atoms with Crippen molar-refractivity contribution in [2.45, 2.75) is 43.1 Å². The topological polar surface area (TPSA) is 107 Å². The lowest BCUT2D eigenvalue weighted by molar-refractivity contribution is -0.185. The van der Waals surface area contributed by atoms with Gasteiger partial charge >= 0.3 is 27.3 Å². The summed E-state index contributed by atoms with van der Waals surface area (Å²) < 4.78 is 66.0. The van der Waals surface area contributed by atoms with E-state index in [0.29, 0.717) is 25.7 Å². The van der Waals surface area contributed by atoms with Gasteiger partial charge in [0.25, 0.3) is 0 Å². The molecule has 0 spiro atoms. The average Bonchev–Trinajstić information content (AvgIpc) is 2.55. The Balaban J connectivity index is 1.81. The maximum atomic E-state index is 13.3. The quantitative estimate of drug-likeness (QED) is 0.596. The predicted octanol–water partition coefficient (Wildman–Crippen LogP) is 0.740. The summed E-state index contributed by atoms with van der Waals surface area (Å²) >= 11 is 0. The van der Waals surface area contributed by atoms with Crippen LogP contribution in [-0.2, 0) is 29.2 Å². The largest absolute Gasteiger partial charge is 0.465 e. The zero-order chi connectivity index (χ0) is 16.3. The molecule has 5 unspecified atom stereocenters. The van der Waals surface area contributed by atoms with Gasteiger partial charge in [-0.1, -0.05) is 0 Å². The van der Waals surface area contributed by atoms with Crippen LogP contribution in [0, 0.1) is 17.8 Å². The smallest absolute Gasteiger partial charge is 0.458 e. The fourth-order valence-corrected chi connectivity index (χ4v) is 3.99. The normalized spacial score (nSPS) is 37.6. The fourth-order valence-electron chi connectivity index (χ4n) is 3.73. The summed E-state index contributed by atoms with van der Waals surface area (Å²) in [5.41, 5.74) is 0. The van der Waals surface area contributed by atoms with Crippen molar-refractivity contribution in [3.63, 3.8) is 0 Å². The molecule has 4 aliphatic rings. The maximum absolute atomic E-state index is 13.3. The van der Waals surface area contributed by atoms with E-state index >= 15 is 0 Å².